The summed E-state index contributed by atoms with van der Waals surface area (Å²) in [6.45, 7) is 3.72. The minimum atomic E-state index is -0.819. The first-order chi connectivity index (χ1) is 6.43. The molecule has 0 bridgehead atoms. The molecule has 0 saturated heterocycles. The fourth-order valence-electron chi connectivity index (χ4n) is 1.48. The summed E-state index contributed by atoms with van der Waals surface area (Å²) in [6.07, 6.45) is 3.65. The number of nitrogens with one attached hydrogen (secondary N) is 1. The highest BCUT2D eigenvalue weighted by Crippen LogP contribution is 2.34. The van der Waals surface area contributed by atoms with Crippen LogP contribution < -0.4 is 5.73 Å². The van der Waals surface area contributed by atoms with E-state index in [2.05, 4.69) is 4.98 Å². The van der Waals surface area contributed by atoms with E-state index < -0.39 is 11.4 Å². The maximum atomic E-state index is 10.6. The summed E-state index contributed by atoms with van der Waals surface area (Å²) < 4.78 is 0. The molecular weight excluding hydrogens is 180 g/mol. The Kier molecular flexibility index (Phi) is 2.96. The Labute approximate surface area is 83.1 Å². The van der Waals surface area contributed by atoms with Crippen molar-refractivity contribution in [2.24, 2.45) is 11.1 Å². The number of nitrogens with two attached hydrogens (primary N) is 1. The van der Waals surface area contributed by atoms with Crippen LogP contribution in [0.5, 0.6) is 0 Å². The molecule has 0 fully saturated rings. The molecule has 1 unspecified atom stereocenters. The van der Waals surface area contributed by atoms with Gasteiger partial charge in [0.1, 0.15) is 0 Å². The molecule has 4 nitrogen and oxygen atoms in total. The smallest absolute Gasteiger partial charge is 0.303 e. The van der Waals surface area contributed by atoms with Gasteiger partial charge in [0.15, 0.2) is 0 Å². The number of hydrogen-bond donors (Lipinski definition) is 3. The van der Waals surface area contributed by atoms with Crippen LogP contribution in [0.15, 0.2) is 18.5 Å². The molecule has 0 amide bonds. The van der Waals surface area contributed by atoms with Crippen LogP contribution in [-0.2, 0) is 4.79 Å². The third kappa shape index (κ3) is 2.35. The Morgan fingerprint density at radius 1 is 1.71 bits per heavy atom. The molecular formula is C10H16N2O2. The lowest BCUT2D eigenvalue weighted by molar-refractivity contribution is -0.139. The molecule has 78 valence electrons. The summed E-state index contributed by atoms with van der Waals surface area (Å²) in [4.78, 5) is 13.5. The Hall–Kier alpha value is -1.29. The van der Waals surface area contributed by atoms with Gasteiger partial charge in [-0.05, 0) is 17.0 Å². The molecule has 1 aromatic heterocycles. The van der Waals surface area contributed by atoms with E-state index in [9.17, 15) is 4.79 Å². The van der Waals surface area contributed by atoms with Crippen molar-refractivity contribution in [3.8, 4) is 0 Å². The third-order valence-electron chi connectivity index (χ3n) is 2.43. The first kappa shape index (κ1) is 10.8. The fourth-order valence-corrected chi connectivity index (χ4v) is 1.48. The van der Waals surface area contributed by atoms with E-state index in [1.54, 1.807) is 12.4 Å². The monoisotopic (exact) mass is 196 g/mol. The van der Waals surface area contributed by atoms with Crippen molar-refractivity contribution in [1.29, 1.82) is 0 Å². The molecule has 4 heteroatoms. The third-order valence-corrected chi connectivity index (χ3v) is 2.43. The van der Waals surface area contributed by atoms with E-state index in [1.807, 2.05) is 19.9 Å². The summed E-state index contributed by atoms with van der Waals surface area (Å²) in [5, 5.41) is 8.73. The van der Waals surface area contributed by atoms with Gasteiger partial charge in [0.2, 0.25) is 0 Å². The number of aliphatic carboxylic acids is 1. The summed E-state index contributed by atoms with van der Waals surface area (Å²) in [5.74, 6) is -0.819. The molecule has 4 N–H and O–H groups in total. The summed E-state index contributed by atoms with van der Waals surface area (Å²) in [5.41, 5.74) is 6.49. The summed E-state index contributed by atoms with van der Waals surface area (Å²) >= 11 is 0. The molecule has 14 heavy (non-hydrogen) atoms. The van der Waals surface area contributed by atoms with Gasteiger partial charge in [-0.15, -0.1) is 0 Å². The number of rotatable bonds is 4. The van der Waals surface area contributed by atoms with E-state index in [1.165, 1.54) is 0 Å². The van der Waals surface area contributed by atoms with E-state index in [-0.39, 0.29) is 12.5 Å². The number of carboxylic acids is 1. The Morgan fingerprint density at radius 2 is 2.36 bits per heavy atom. The van der Waals surface area contributed by atoms with Crippen molar-refractivity contribution in [2.45, 2.75) is 26.3 Å². The minimum Gasteiger partial charge on any atom is -0.481 e. The summed E-state index contributed by atoms with van der Waals surface area (Å²) in [6, 6.07) is 1.61. The summed E-state index contributed by atoms with van der Waals surface area (Å²) in [7, 11) is 0. The first-order valence-corrected chi connectivity index (χ1v) is 4.53. The lowest BCUT2D eigenvalue weighted by atomic mass is 9.79. The van der Waals surface area contributed by atoms with Crippen molar-refractivity contribution in [1.82, 2.24) is 4.98 Å². The molecule has 0 aliphatic heterocycles. The largest absolute Gasteiger partial charge is 0.481 e. The SMILES string of the molecule is CC(C)(CC(=O)O)C(N)c1cc[nH]c1. The predicted octanol–water partition coefficient (Wildman–Crippen LogP) is 1.52. The van der Waals surface area contributed by atoms with Crippen LogP contribution in [0.4, 0.5) is 0 Å². The van der Waals surface area contributed by atoms with Crippen molar-refractivity contribution < 1.29 is 9.90 Å². The molecule has 0 aliphatic rings. The van der Waals surface area contributed by atoms with Crippen LogP contribution in [0, 0.1) is 5.41 Å². The molecule has 0 aromatic carbocycles. The van der Waals surface area contributed by atoms with Gasteiger partial charge in [0.25, 0.3) is 0 Å². The minimum absolute atomic E-state index is 0.0688. The van der Waals surface area contributed by atoms with E-state index in [0.717, 1.165) is 5.56 Å². The van der Waals surface area contributed by atoms with Gasteiger partial charge in [-0.1, -0.05) is 13.8 Å². The molecule has 0 spiro atoms. The number of H-pyrrole nitrogens is 1. The topological polar surface area (TPSA) is 79.1 Å². The average Bonchev–Trinajstić information content (AvgIpc) is 2.51. The van der Waals surface area contributed by atoms with Gasteiger partial charge >= 0.3 is 5.97 Å². The van der Waals surface area contributed by atoms with Crippen molar-refractivity contribution >= 4 is 5.97 Å². The quantitative estimate of drug-likeness (QED) is 0.683. The van der Waals surface area contributed by atoms with Gasteiger partial charge < -0.3 is 15.8 Å². The standard InChI is InChI=1S/C10H16N2O2/c1-10(2,5-8(13)14)9(11)7-3-4-12-6-7/h3-4,6,9,12H,5,11H2,1-2H3,(H,13,14). The highest BCUT2D eigenvalue weighted by Gasteiger charge is 2.30. The number of carboxylic acid groups (broad SMARTS) is 1. The maximum Gasteiger partial charge on any atom is 0.303 e. The van der Waals surface area contributed by atoms with Gasteiger partial charge in [-0.2, -0.15) is 0 Å². The fraction of sp³-hybridized carbons (Fsp3) is 0.500. The zero-order valence-electron chi connectivity index (χ0n) is 8.45. The van der Waals surface area contributed by atoms with Crippen LogP contribution in [0.25, 0.3) is 0 Å². The molecule has 1 rings (SSSR count). The van der Waals surface area contributed by atoms with Gasteiger partial charge in [-0.25, -0.2) is 0 Å². The lowest BCUT2D eigenvalue weighted by Crippen LogP contribution is -2.31. The highest BCUT2D eigenvalue weighted by molar-refractivity contribution is 5.67. The van der Waals surface area contributed by atoms with E-state index in [0.29, 0.717) is 0 Å². The molecule has 1 heterocycles. The number of hydrogen-bond acceptors (Lipinski definition) is 2. The van der Waals surface area contributed by atoms with Gasteiger partial charge in [0.05, 0.1) is 6.42 Å². The van der Waals surface area contributed by atoms with Crippen LogP contribution in [0.2, 0.25) is 0 Å². The van der Waals surface area contributed by atoms with Crippen molar-refractivity contribution in [3.05, 3.63) is 24.0 Å². The maximum absolute atomic E-state index is 10.6. The van der Waals surface area contributed by atoms with Crippen LogP contribution in [0.1, 0.15) is 31.9 Å². The van der Waals surface area contributed by atoms with E-state index >= 15 is 0 Å². The second-order valence-electron chi connectivity index (χ2n) is 4.18. The van der Waals surface area contributed by atoms with Crippen LogP contribution in [-0.4, -0.2) is 16.1 Å². The second kappa shape index (κ2) is 3.84. The molecule has 1 aromatic rings. The van der Waals surface area contributed by atoms with Gasteiger partial charge in [0, 0.05) is 18.4 Å². The zero-order valence-corrected chi connectivity index (χ0v) is 8.45. The Bertz CT molecular complexity index is 304. The average molecular weight is 196 g/mol. The number of aromatic amines is 1. The van der Waals surface area contributed by atoms with Crippen LogP contribution in [0.3, 0.4) is 0 Å². The lowest BCUT2D eigenvalue weighted by Gasteiger charge is -2.29. The molecule has 0 radical (unpaired) electrons. The molecule has 0 aliphatic carbocycles. The van der Waals surface area contributed by atoms with Crippen molar-refractivity contribution in [3.63, 3.8) is 0 Å². The Balaban J connectivity index is 2.77. The Morgan fingerprint density at radius 3 is 2.79 bits per heavy atom. The van der Waals surface area contributed by atoms with E-state index in [4.69, 9.17) is 10.8 Å². The normalized spacial score (nSPS) is 13.9. The predicted molar refractivity (Wildman–Crippen MR) is 53.8 cm³/mol. The number of aromatic nitrogens is 1. The highest BCUT2D eigenvalue weighted by atomic mass is 16.4. The second-order valence-corrected chi connectivity index (χ2v) is 4.18. The van der Waals surface area contributed by atoms with Crippen molar-refractivity contribution in [2.75, 3.05) is 0 Å². The first-order valence-electron chi connectivity index (χ1n) is 4.53. The molecule has 0 saturated carbocycles. The number of carbonyl (C=O) groups is 1. The molecule has 1 atom stereocenters. The van der Waals surface area contributed by atoms with Crippen LogP contribution >= 0.6 is 0 Å². The van der Waals surface area contributed by atoms with Gasteiger partial charge in [-0.3, -0.25) is 4.79 Å². The zero-order chi connectivity index (χ0) is 10.8.